The van der Waals surface area contributed by atoms with Gasteiger partial charge in [-0.25, -0.2) is 9.37 Å². The van der Waals surface area contributed by atoms with Crippen molar-refractivity contribution in [1.29, 1.82) is 0 Å². The van der Waals surface area contributed by atoms with Crippen molar-refractivity contribution in [1.82, 2.24) is 9.55 Å². The highest BCUT2D eigenvalue weighted by Gasteiger charge is 2.34. The average molecular weight is 444 g/mol. The molecule has 1 atom stereocenters. The molecule has 168 valence electrons. The van der Waals surface area contributed by atoms with Crippen molar-refractivity contribution >= 4 is 22.6 Å². The Morgan fingerprint density at radius 2 is 1.88 bits per heavy atom. The van der Waals surface area contributed by atoms with Gasteiger partial charge in [0.2, 0.25) is 5.91 Å². The highest BCUT2D eigenvalue weighted by Crippen LogP contribution is 2.33. The molecule has 0 aliphatic carbocycles. The van der Waals surface area contributed by atoms with E-state index in [1.165, 1.54) is 17.7 Å². The number of hydrogen-bond donors (Lipinski definition) is 0. The molecule has 0 bridgehead atoms. The maximum Gasteiger partial charge on any atom is 0.227 e. The normalized spacial score (nSPS) is 16.0. The van der Waals surface area contributed by atoms with Crippen LogP contribution in [0.3, 0.4) is 0 Å². The van der Waals surface area contributed by atoms with Gasteiger partial charge in [0.05, 0.1) is 17.6 Å². The number of imidazole rings is 1. The smallest absolute Gasteiger partial charge is 0.227 e. The van der Waals surface area contributed by atoms with Gasteiger partial charge in [-0.2, -0.15) is 0 Å². The molecule has 6 heteroatoms. The fourth-order valence-corrected chi connectivity index (χ4v) is 4.51. The van der Waals surface area contributed by atoms with Gasteiger partial charge < -0.3 is 14.2 Å². The van der Waals surface area contributed by atoms with Crippen molar-refractivity contribution in [2.45, 2.75) is 32.2 Å². The van der Waals surface area contributed by atoms with Crippen LogP contribution in [0.25, 0.3) is 11.0 Å². The molecule has 3 aromatic carbocycles. The van der Waals surface area contributed by atoms with E-state index in [-0.39, 0.29) is 17.6 Å². The number of carbonyl (C=O) groups excluding carboxylic acids is 1. The van der Waals surface area contributed by atoms with Gasteiger partial charge in [0.25, 0.3) is 0 Å². The van der Waals surface area contributed by atoms with E-state index in [1.807, 2.05) is 36.4 Å². The number of aryl methyl sites for hydroxylation is 2. The molecule has 1 aromatic heterocycles. The Kier molecular flexibility index (Phi) is 5.82. The van der Waals surface area contributed by atoms with E-state index in [2.05, 4.69) is 23.6 Å². The molecule has 5 nitrogen and oxygen atoms in total. The third-order valence-corrected chi connectivity index (χ3v) is 6.10. The first-order valence-electron chi connectivity index (χ1n) is 11.3. The van der Waals surface area contributed by atoms with Crippen LogP contribution in [0.1, 0.15) is 30.1 Å². The minimum Gasteiger partial charge on any atom is -0.494 e. The van der Waals surface area contributed by atoms with E-state index in [1.54, 1.807) is 17.0 Å². The Labute approximate surface area is 192 Å². The van der Waals surface area contributed by atoms with Crippen molar-refractivity contribution in [3.8, 4) is 5.75 Å². The second-order valence-electron chi connectivity index (χ2n) is 8.51. The summed E-state index contributed by atoms with van der Waals surface area (Å²) in [5.41, 5.74) is 3.89. The lowest BCUT2D eigenvalue weighted by molar-refractivity contribution is -0.117. The van der Waals surface area contributed by atoms with Crippen LogP contribution in [0.15, 0.2) is 72.8 Å². The van der Waals surface area contributed by atoms with Crippen LogP contribution in [-0.4, -0.2) is 28.6 Å². The fraction of sp³-hybridized carbons (Fsp3) is 0.259. The number of fused-ring (bicyclic) bond motifs is 1. The van der Waals surface area contributed by atoms with Gasteiger partial charge in [0, 0.05) is 31.1 Å². The van der Waals surface area contributed by atoms with Crippen molar-refractivity contribution in [3.63, 3.8) is 0 Å². The van der Waals surface area contributed by atoms with Gasteiger partial charge in [0.1, 0.15) is 17.4 Å². The van der Waals surface area contributed by atoms with E-state index >= 15 is 0 Å². The second-order valence-corrected chi connectivity index (χ2v) is 8.51. The average Bonchev–Trinajstić information content (AvgIpc) is 3.38. The van der Waals surface area contributed by atoms with Crippen LogP contribution in [-0.2, 0) is 11.3 Å². The van der Waals surface area contributed by atoms with Gasteiger partial charge in [0.15, 0.2) is 0 Å². The predicted octanol–water partition coefficient (Wildman–Crippen LogP) is 5.47. The number of ether oxygens (including phenoxy) is 1. The zero-order chi connectivity index (χ0) is 22.8. The topological polar surface area (TPSA) is 47.4 Å². The molecule has 33 heavy (non-hydrogen) atoms. The highest BCUT2D eigenvalue weighted by molar-refractivity contribution is 5.96. The monoisotopic (exact) mass is 443 g/mol. The molecule has 0 unspecified atom stereocenters. The molecule has 2 heterocycles. The number of hydrogen-bond acceptors (Lipinski definition) is 3. The first-order chi connectivity index (χ1) is 16.1. The Morgan fingerprint density at radius 3 is 2.70 bits per heavy atom. The number of amides is 1. The fourth-order valence-electron chi connectivity index (χ4n) is 4.51. The molecule has 0 saturated carbocycles. The molecule has 1 saturated heterocycles. The maximum absolute atomic E-state index is 13.3. The van der Waals surface area contributed by atoms with Crippen LogP contribution < -0.4 is 9.64 Å². The van der Waals surface area contributed by atoms with Gasteiger partial charge in [-0.1, -0.05) is 24.3 Å². The largest absolute Gasteiger partial charge is 0.494 e. The predicted molar refractivity (Wildman–Crippen MR) is 127 cm³/mol. The molecule has 5 rings (SSSR count). The van der Waals surface area contributed by atoms with Gasteiger partial charge in [-0.15, -0.1) is 0 Å². The molecule has 1 amide bonds. The molecule has 1 aliphatic rings. The minimum absolute atomic E-state index is 0.0207. The van der Waals surface area contributed by atoms with Gasteiger partial charge in [-0.3, -0.25) is 4.79 Å². The van der Waals surface area contributed by atoms with E-state index in [0.717, 1.165) is 41.3 Å². The molecular formula is C27H26FN3O2. The zero-order valence-corrected chi connectivity index (χ0v) is 18.6. The maximum atomic E-state index is 13.3. The third kappa shape index (κ3) is 4.46. The van der Waals surface area contributed by atoms with Crippen molar-refractivity contribution < 1.29 is 13.9 Å². The number of carbonyl (C=O) groups is 1. The lowest BCUT2D eigenvalue weighted by Gasteiger charge is -2.17. The Balaban J connectivity index is 1.34. The van der Waals surface area contributed by atoms with E-state index in [4.69, 9.17) is 9.72 Å². The van der Waals surface area contributed by atoms with Gasteiger partial charge >= 0.3 is 0 Å². The first kappa shape index (κ1) is 21.2. The minimum atomic E-state index is -0.309. The van der Waals surface area contributed by atoms with Crippen LogP contribution >= 0.6 is 0 Å². The van der Waals surface area contributed by atoms with E-state index in [0.29, 0.717) is 19.6 Å². The molecule has 4 aromatic rings. The van der Waals surface area contributed by atoms with Gasteiger partial charge in [-0.05, 0) is 67.4 Å². The Bertz CT molecular complexity index is 1280. The summed E-state index contributed by atoms with van der Waals surface area (Å²) in [6.45, 7) is 3.94. The van der Waals surface area contributed by atoms with Crippen molar-refractivity contribution in [3.05, 3.63) is 90.0 Å². The zero-order valence-electron chi connectivity index (χ0n) is 18.6. The highest BCUT2D eigenvalue weighted by atomic mass is 19.1. The number of rotatable bonds is 7. The summed E-state index contributed by atoms with van der Waals surface area (Å²) in [5.74, 6) is 1.50. The first-order valence-corrected chi connectivity index (χ1v) is 11.3. The third-order valence-electron chi connectivity index (χ3n) is 6.10. The molecular weight excluding hydrogens is 417 g/mol. The number of halogens is 1. The number of aromatic nitrogens is 2. The second kappa shape index (κ2) is 9.06. The summed E-state index contributed by atoms with van der Waals surface area (Å²) in [4.78, 5) is 19.4. The SMILES string of the molecule is Cc1cccc(OCCCn2c([C@@H]3CC(=O)N(c4ccc(F)cc4)C3)nc3ccccc32)c1. The summed E-state index contributed by atoms with van der Waals surface area (Å²) in [7, 11) is 0. The van der Waals surface area contributed by atoms with Crippen LogP contribution in [0.2, 0.25) is 0 Å². The molecule has 0 spiro atoms. The van der Waals surface area contributed by atoms with E-state index in [9.17, 15) is 9.18 Å². The van der Waals surface area contributed by atoms with Crippen LogP contribution in [0.5, 0.6) is 5.75 Å². The Morgan fingerprint density at radius 1 is 1.06 bits per heavy atom. The molecule has 0 N–H and O–H groups in total. The van der Waals surface area contributed by atoms with Crippen LogP contribution in [0, 0.1) is 12.7 Å². The number of para-hydroxylation sites is 2. The summed E-state index contributed by atoms with van der Waals surface area (Å²) in [5, 5.41) is 0. The lowest BCUT2D eigenvalue weighted by Crippen LogP contribution is -2.24. The lowest BCUT2D eigenvalue weighted by atomic mass is 10.1. The molecule has 0 radical (unpaired) electrons. The summed E-state index contributed by atoms with van der Waals surface area (Å²) < 4.78 is 21.5. The summed E-state index contributed by atoms with van der Waals surface area (Å²) in [6, 6.07) is 22.2. The van der Waals surface area contributed by atoms with Crippen molar-refractivity contribution in [2.75, 3.05) is 18.1 Å². The Hall–Kier alpha value is -3.67. The molecule has 1 aliphatic heterocycles. The standard InChI is InChI=1S/C27H26FN3O2/c1-19-6-4-7-23(16-19)33-15-5-14-30-25-9-3-2-8-24(25)29-27(30)20-17-26(32)31(18-20)22-12-10-21(28)11-13-22/h2-4,6-13,16,20H,5,14-15,17-18H2,1H3/t20-/m1/s1. The summed E-state index contributed by atoms with van der Waals surface area (Å²) in [6.07, 6.45) is 1.21. The number of nitrogens with zero attached hydrogens (tertiary/aromatic N) is 3. The number of anilines is 1. The van der Waals surface area contributed by atoms with E-state index < -0.39 is 0 Å². The van der Waals surface area contributed by atoms with Crippen molar-refractivity contribution in [2.24, 2.45) is 0 Å². The summed E-state index contributed by atoms with van der Waals surface area (Å²) >= 11 is 0. The number of benzene rings is 3. The molecule has 1 fully saturated rings. The quantitative estimate of drug-likeness (QED) is 0.356. The van der Waals surface area contributed by atoms with Crippen LogP contribution in [0.4, 0.5) is 10.1 Å².